The fourth-order valence-electron chi connectivity index (χ4n) is 3.24. The van der Waals surface area contributed by atoms with Crippen LogP contribution in [-0.2, 0) is 22.6 Å². The van der Waals surface area contributed by atoms with Crippen molar-refractivity contribution in [2.45, 2.75) is 45.0 Å². The van der Waals surface area contributed by atoms with Crippen LogP contribution in [0.3, 0.4) is 0 Å². The highest BCUT2D eigenvalue weighted by atomic mass is 16.5. The number of aromatic nitrogens is 3. The smallest absolute Gasteiger partial charge is 0.150 e. The van der Waals surface area contributed by atoms with Gasteiger partial charge in [0, 0.05) is 52.4 Å². The Labute approximate surface area is 149 Å². The molecule has 0 spiro atoms. The summed E-state index contributed by atoms with van der Waals surface area (Å²) in [7, 11) is 1.75. The summed E-state index contributed by atoms with van der Waals surface area (Å²) in [5.74, 6) is 0. The normalized spacial score (nSPS) is 17.9. The maximum atomic E-state index is 5.91. The van der Waals surface area contributed by atoms with Gasteiger partial charge in [-0.05, 0) is 43.9 Å². The first kappa shape index (κ1) is 18.0. The van der Waals surface area contributed by atoms with Crippen LogP contribution in [-0.4, -0.2) is 46.5 Å². The Kier molecular flexibility index (Phi) is 6.97. The molecule has 0 aromatic carbocycles. The molecule has 2 aromatic rings. The standard InChI is InChI=1S/C19H28N4O2/c1-24-13-6-12-22(15-17-7-2-4-10-20-17)16-18-9-11-21-23(18)19-8-3-5-14-25-19/h2,4,7,9-11,19H,3,5-6,8,12-16H2,1H3. The Hall–Kier alpha value is -1.76. The van der Waals surface area contributed by atoms with E-state index in [1.165, 1.54) is 12.1 Å². The van der Waals surface area contributed by atoms with E-state index in [1.807, 2.05) is 24.5 Å². The van der Waals surface area contributed by atoms with Crippen LogP contribution < -0.4 is 0 Å². The van der Waals surface area contributed by atoms with Crippen molar-refractivity contribution in [1.29, 1.82) is 0 Å². The summed E-state index contributed by atoms with van der Waals surface area (Å²) in [4.78, 5) is 6.87. The van der Waals surface area contributed by atoms with E-state index in [1.54, 1.807) is 7.11 Å². The number of rotatable bonds is 9. The molecule has 1 unspecified atom stereocenters. The predicted molar refractivity (Wildman–Crippen MR) is 95.9 cm³/mol. The molecule has 1 saturated heterocycles. The van der Waals surface area contributed by atoms with Crippen LogP contribution >= 0.6 is 0 Å². The van der Waals surface area contributed by atoms with Crippen LogP contribution in [0, 0.1) is 0 Å². The lowest BCUT2D eigenvalue weighted by atomic mass is 10.2. The topological polar surface area (TPSA) is 52.4 Å². The highest BCUT2D eigenvalue weighted by molar-refractivity contribution is 5.05. The van der Waals surface area contributed by atoms with Crippen LogP contribution in [0.15, 0.2) is 36.7 Å². The van der Waals surface area contributed by atoms with E-state index >= 15 is 0 Å². The Morgan fingerprint density at radius 2 is 2.20 bits per heavy atom. The molecule has 0 saturated carbocycles. The lowest BCUT2D eigenvalue weighted by molar-refractivity contribution is -0.0421. The minimum atomic E-state index is 0.0782. The van der Waals surface area contributed by atoms with Crippen molar-refractivity contribution in [2.75, 3.05) is 26.9 Å². The summed E-state index contributed by atoms with van der Waals surface area (Å²) >= 11 is 0. The van der Waals surface area contributed by atoms with E-state index in [-0.39, 0.29) is 6.23 Å². The number of nitrogens with zero attached hydrogens (tertiary/aromatic N) is 4. The van der Waals surface area contributed by atoms with Gasteiger partial charge in [-0.2, -0.15) is 5.10 Å². The maximum Gasteiger partial charge on any atom is 0.150 e. The number of ether oxygens (including phenoxy) is 2. The summed E-state index contributed by atoms with van der Waals surface area (Å²) in [6.07, 6.45) is 8.19. The quantitative estimate of drug-likeness (QED) is 0.655. The molecule has 1 atom stereocenters. The fraction of sp³-hybridized carbons (Fsp3) is 0.579. The molecule has 0 amide bonds. The molecule has 0 bridgehead atoms. The molecule has 0 radical (unpaired) electrons. The number of pyridine rings is 1. The highest BCUT2D eigenvalue weighted by Crippen LogP contribution is 2.24. The maximum absolute atomic E-state index is 5.91. The number of hydrogen-bond acceptors (Lipinski definition) is 5. The third-order valence-corrected chi connectivity index (χ3v) is 4.50. The molecule has 136 valence electrons. The Bertz CT molecular complexity index is 611. The molecular formula is C19H28N4O2. The molecule has 3 rings (SSSR count). The van der Waals surface area contributed by atoms with E-state index in [2.05, 4.69) is 31.8 Å². The third kappa shape index (κ3) is 5.36. The van der Waals surface area contributed by atoms with Crippen LogP contribution in [0.25, 0.3) is 0 Å². The summed E-state index contributed by atoms with van der Waals surface area (Å²) in [5, 5.41) is 4.52. The first-order chi connectivity index (χ1) is 12.4. The van der Waals surface area contributed by atoms with Crippen molar-refractivity contribution in [1.82, 2.24) is 19.7 Å². The van der Waals surface area contributed by atoms with Crippen molar-refractivity contribution in [3.63, 3.8) is 0 Å². The van der Waals surface area contributed by atoms with E-state index in [4.69, 9.17) is 9.47 Å². The first-order valence-electron chi connectivity index (χ1n) is 9.12. The van der Waals surface area contributed by atoms with Crippen molar-refractivity contribution in [3.8, 4) is 0 Å². The zero-order chi connectivity index (χ0) is 17.3. The molecule has 6 nitrogen and oxygen atoms in total. The van der Waals surface area contributed by atoms with Gasteiger partial charge in [-0.3, -0.25) is 9.88 Å². The van der Waals surface area contributed by atoms with Crippen molar-refractivity contribution in [2.24, 2.45) is 0 Å². The monoisotopic (exact) mass is 344 g/mol. The summed E-state index contributed by atoms with van der Waals surface area (Å²) < 4.78 is 13.2. The average Bonchev–Trinajstić information content (AvgIpc) is 3.11. The Morgan fingerprint density at radius 3 is 2.96 bits per heavy atom. The lowest BCUT2D eigenvalue weighted by Crippen LogP contribution is -2.28. The van der Waals surface area contributed by atoms with E-state index < -0.39 is 0 Å². The van der Waals surface area contributed by atoms with Gasteiger partial charge < -0.3 is 9.47 Å². The van der Waals surface area contributed by atoms with E-state index in [0.717, 1.165) is 57.8 Å². The molecule has 1 fully saturated rings. The highest BCUT2D eigenvalue weighted by Gasteiger charge is 2.20. The first-order valence-corrected chi connectivity index (χ1v) is 9.12. The second kappa shape index (κ2) is 9.65. The molecule has 0 N–H and O–H groups in total. The molecule has 6 heteroatoms. The number of hydrogen-bond donors (Lipinski definition) is 0. The van der Waals surface area contributed by atoms with Gasteiger partial charge in [0.25, 0.3) is 0 Å². The Balaban J connectivity index is 1.67. The lowest BCUT2D eigenvalue weighted by Gasteiger charge is -2.27. The van der Waals surface area contributed by atoms with Crippen LogP contribution in [0.1, 0.15) is 43.3 Å². The van der Waals surface area contributed by atoms with Gasteiger partial charge in [0.05, 0.1) is 11.4 Å². The van der Waals surface area contributed by atoms with Crippen molar-refractivity contribution < 1.29 is 9.47 Å². The predicted octanol–water partition coefficient (Wildman–Crippen LogP) is 3.02. The average molecular weight is 344 g/mol. The second-order valence-electron chi connectivity index (χ2n) is 6.47. The van der Waals surface area contributed by atoms with Crippen LogP contribution in [0.5, 0.6) is 0 Å². The summed E-state index contributed by atoms with van der Waals surface area (Å²) in [6.45, 7) is 4.21. The zero-order valence-corrected chi connectivity index (χ0v) is 15.0. The molecule has 2 aromatic heterocycles. The van der Waals surface area contributed by atoms with Gasteiger partial charge >= 0.3 is 0 Å². The fourth-order valence-corrected chi connectivity index (χ4v) is 3.24. The molecule has 0 aliphatic carbocycles. The second-order valence-corrected chi connectivity index (χ2v) is 6.47. The molecular weight excluding hydrogens is 316 g/mol. The zero-order valence-electron chi connectivity index (χ0n) is 15.0. The van der Waals surface area contributed by atoms with Crippen LogP contribution in [0.4, 0.5) is 0 Å². The molecule has 1 aliphatic rings. The third-order valence-electron chi connectivity index (χ3n) is 4.50. The van der Waals surface area contributed by atoms with Crippen molar-refractivity contribution >= 4 is 0 Å². The van der Waals surface area contributed by atoms with Gasteiger partial charge in [-0.25, -0.2) is 4.68 Å². The molecule has 1 aliphatic heterocycles. The van der Waals surface area contributed by atoms with Gasteiger partial charge in [0.15, 0.2) is 6.23 Å². The summed E-state index contributed by atoms with van der Waals surface area (Å²) in [6, 6.07) is 8.16. The van der Waals surface area contributed by atoms with Gasteiger partial charge in [-0.1, -0.05) is 6.07 Å². The van der Waals surface area contributed by atoms with Gasteiger partial charge in [0.1, 0.15) is 0 Å². The van der Waals surface area contributed by atoms with Crippen molar-refractivity contribution in [3.05, 3.63) is 48.0 Å². The molecule has 3 heterocycles. The van der Waals surface area contributed by atoms with Gasteiger partial charge in [-0.15, -0.1) is 0 Å². The van der Waals surface area contributed by atoms with Gasteiger partial charge in [0.2, 0.25) is 0 Å². The minimum Gasteiger partial charge on any atom is -0.385 e. The number of methoxy groups -OCH3 is 1. The van der Waals surface area contributed by atoms with Crippen LogP contribution in [0.2, 0.25) is 0 Å². The minimum absolute atomic E-state index is 0.0782. The summed E-state index contributed by atoms with van der Waals surface area (Å²) in [5.41, 5.74) is 2.28. The Morgan fingerprint density at radius 1 is 1.24 bits per heavy atom. The molecule has 25 heavy (non-hydrogen) atoms. The van der Waals surface area contributed by atoms with E-state index in [9.17, 15) is 0 Å². The van der Waals surface area contributed by atoms with E-state index in [0.29, 0.717) is 0 Å². The SMILES string of the molecule is COCCCN(Cc1ccccn1)Cc1ccnn1C1CCCCO1. The largest absolute Gasteiger partial charge is 0.385 e.